The quantitative estimate of drug-likeness (QED) is 0.612. The fourth-order valence-corrected chi connectivity index (χ4v) is 5.28. The predicted molar refractivity (Wildman–Crippen MR) is 128 cm³/mol. The van der Waals surface area contributed by atoms with Crippen molar-refractivity contribution in [1.82, 2.24) is 15.0 Å². The first-order chi connectivity index (χ1) is 16.7. The smallest absolute Gasteiger partial charge is 0.229 e. The van der Waals surface area contributed by atoms with E-state index in [1.807, 2.05) is 24.3 Å². The Hall–Kier alpha value is -3.01. The summed E-state index contributed by atoms with van der Waals surface area (Å²) >= 11 is 0. The SMILES string of the molecule is COc1ccc(-c2ccc3c(N4C5CCC4COC5)nc(N4CCOCC4)nc3n2)cc1CO. The summed E-state index contributed by atoms with van der Waals surface area (Å²) in [5, 5.41) is 10.7. The molecule has 0 saturated carbocycles. The maximum absolute atomic E-state index is 9.76. The Kier molecular flexibility index (Phi) is 5.68. The summed E-state index contributed by atoms with van der Waals surface area (Å²) in [5.41, 5.74) is 3.11. The van der Waals surface area contributed by atoms with Crippen molar-refractivity contribution in [3.05, 3.63) is 35.9 Å². The number of morpholine rings is 2. The van der Waals surface area contributed by atoms with E-state index in [2.05, 4.69) is 15.9 Å². The number of hydrogen-bond acceptors (Lipinski definition) is 9. The third kappa shape index (κ3) is 3.73. The molecular weight excluding hydrogens is 434 g/mol. The molecule has 3 aliphatic heterocycles. The Morgan fingerprint density at radius 1 is 1.00 bits per heavy atom. The second-order valence-corrected chi connectivity index (χ2v) is 9.03. The molecule has 1 aromatic carbocycles. The molecular formula is C25H29N5O4. The number of ether oxygens (including phenoxy) is 3. The van der Waals surface area contributed by atoms with Crippen molar-refractivity contribution in [2.24, 2.45) is 0 Å². The number of rotatable bonds is 5. The van der Waals surface area contributed by atoms with E-state index in [0.717, 1.165) is 67.2 Å². The molecule has 2 aromatic heterocycles. The summed E-state index contributed by atoms with van der Waals surface area (Å²) in [6, 6.07) is 10.5. The van der Waals surface area contributed by atoms with Crippen LogP contribution in [0.25, 0.3) is 22.3 Å². The fraction of sp³-hybridized carbons (Fsp3) is 0.480. The van der Waals surface area contributed by atoms with E-state index in [-0.39, 0.29) is 6.61 Å². The molecule has 5 heterocycles. The largest absolute Gasteiger partial charge is 0.496 e. The third-order valence-corrected chi connectivity index (χ3v) is 7.05. The maximum atomic E-state index is 9.76. The number of benzene rings is 1. The maximum Gasteiger partial charge on any atom is 0.229 e. The van der Waals surface area contributed by atoms with E-state index in [1.54, 1.807) is 7.11 Å². The minimum Gasteiger partial charge on any atom is -0.496 e. The molecule has 0 amide bonds. The van der Waals surface area contributed by atoms with E-state index in [1.165, 1.54) is 0 Å². The topological polar surface area (TPSA) is 93.1 Å². The summed E-state index contributed by atoms with van der Waals surface area (Å²) in [6.45, 7) is 4.23. The van der Waals surface area contributed by atoms with Crippen molar-refractivity contribution in [2.45, 2.75) is 31.5 Å². The molecule has 0 spiro atoms. The number of methoxy groups -OCH3 is 1. The van der Waals surface area contributed by atoms with Crippen LogP contribution in [0.1, 0.15) is 18.4 Å². The highest BCUT2D eigenvalue weighted by Gasteiger charge is 2.39. The van der Waals surface area contributed by atoms with Crippen LogP contribution in [0.3, 0.4) is 0 Å². The van der Waals surface area contributed by atoms with Crippen LogP contribution in [-0.2, 0) is 16.1 Å². The summed E-state index contributed by atoms with van der Waals surface area (Å²) in [4.78, 5) is 19.6. The van der Waals surface area contributed by atoms with E-state index >= 15 is 0 Å². The number of aliphatic hydroxyl groups excluding tert-OH is 1. The van der Waals surface area contributed by atoms with E-state index in [4.69, 9.17) is 29.2 Å². The van der Waals surface area contributed by atoms with Gasteiger partial charge in [0.25, 0.3) is 0 Å². The zero-order chi connectivity index (χ0) is 23.1. The number of aliphatic hydroxyl groups is 1. The minimum atomic E-state index is -0.0993. The van der Waals surface area contributed by atoms with E-state index in [0.29, 0.717) is 42.6 Å². The van der Waals surface area contributed by atoms with Gasteiger partial charge in [-0.3, -0.25) is 0 Å². The van der Waals surface area contributed by atoms with Crippen LogP contribution >= 0.6 is 0 Å². The number of fused-ring (bicyclic) bond motifs is 3. The average Bonchev–Trinajstić information content (AvgIpc) is 3.14. The zero-order valence-corrected chi connectivity index (χ0v) is 19.3. The lowest BCUT2D eigenvalue weighted by molar-refractivity contribution is 0.0903. The molecule has 3 saturated heterocycles. The zero-order valence-electron chi connectivity index (χ0n) is 19.3. The summed E-state index contributed by atoms with van der Waals surface area (Å²) < 4.78 is 16.7. The van der Waals surface area contributed by atoms with Gasteiger partial charge in [-0.15, -0.1) is 0 Å². The van der Waals surface area contributed by atoms with Crippen LogP contribution in [0.15, 0.2) is 30.3 Å². The van der Waals surface area contributed by atoms with Crippen LogP contribution < -0.4 is 14.5 Å². The molecule has 9 heteroatoms. The first kappa shape index (κ1) is 21.5. The molecule has 34 heavy (non-hydrogen) atoms. The van der Waals surface area contributed by atoms with Gasteiger partial charge >= 0.3 is 0 Å². The van der Waals surface area contributed by atoms with Crippen LogP contribution in [0.2, 0.25) is 0 Å². The highest BCUT2D eigenvalue weighted by molar-refractivity contribution is 5.90. The third-order valence-electron chi connectivity index (χ3n) is 7.05. The summed E-state index contributed by atoms with van der Waals surface area (Å²) in [7, 11) is 1.60. The van der Waals surface area contributed by atoms with Gasteiger partial charge in [0.05, 0.1) is 63.3 Å². The van der Waals surface area contributed by atoms with E-state index < -0.39 is 0 Å². The van der Waals surface area contributed by atoms with Gasteiger partial charge in [-0.05, 0) is 43.2 Å². The van der Waals surface area contributed by atoms with Crippen LogP contribution in [0.4, 0.5) is 11.8 Å². The minimum absolute atomic E-state index is 0.0993. The lowest BCUT2D eigenvalue weighted by Gasteiger charge is -2.37. The second kappa shape index (κ2) is 8.98. The molecule has 2 bridgehead atoms. The predicted octanol–water partition coefficient (Wildman–Crippen LogP) is 2.40. The van der Waals surface area contributed by atoms with Crippen molar-refractivity contribution in [3.63, 3.8) is 0 Å². The molecule has 6 rings (SSSR count). The highest BCUT2D eigenvalue weighted by atomic mass is 16.5. The second-order valence-electron chi connectivity index (χ2n) is 9.03. The molecule has 9 nitrogen and oxygen atoms in total. The van der Waals surface area contributed by atoms with Crippen LogP contribution in [-0.4, -0.2) is 78.8 Å². The van der Waals surface area contributed by atoms with Crippen molar-refractivity contribution in [3.8, 4) is 17.0 Å². The highest BCUT2D eigenvalue weighted by Crippen LogP contribution is 2.38. The van der Waals surface area contributed by atoms with Crippen molar-refractivity contribution in [2.75, 3.05) is 56.4 Å². The van der Waals surface area contributed by atoms with Gasteiger partial charge in [0.15, 0.2) is 5.65 Å². The molecule has 0 radical (unpaired) electrons. The molecule has 3 fully saturated rings. The Balaban J connectivity index is 1.47. The Labute approximate surface area is 198 Å². The molecule has 1 N–H and O–H groups in total. The van der Waals surface area contributed by atoms with Gasteiger partial charge in [-0.1, -0.05) is 0 Å². The summed E-state index contributed by atoms with van der Waals surface area (Å²) in [5.74, 6) is 2.31. The monoisotopic (exact) mass is 463 g/mol. The number of hydrogen-bond donors (Lipinski definition) is 1. The standard InChI is InChI=1S/C25H29N5O4/c1-32-22-7-2-16(12-17(22)13-31)21-6-5-20-23(26-21)27-25(29-8-10-33-11-9-29)28-24(20)30-18-3-4-19(30)15-34-14-18/h2,5-7,12,18-19,31H,3-4,8-11,13-15H2,1H3. The van der Waals surface area contributed by atoms with Gasteiger partial charge in [-0.25, -0.2) is 4.98 Å². The average molecular weight is 464 g/mol. The fourth-order valence-electron chi connectivity index (χ4n) is 5.28. The Morgan fingerprint density at radius 2 is 1.79 bits per heavy atom. The van der Waals surface area contributed by atoms with Gasteiger partial charge in [-0.2, -0.15) is 9.97 Å². The molecule has 3 aliphatic rings. The normalized spacial score (nSPS) is 22.4. The van der Waals surface area contributed by atoms with Gasteiger partial charge in [0.2, 0.25) is 5.95 Å². The van der Waals surface area contributed by atoms with Crippen molar-refractivity contribution < 1.29 is 19.3 Å². The lowest BCUT2D eigenvalue weighted by Crippen LogP contribution is -2.46. The number of nitrogens with zero attached hydrogens (tertiary/aromatic N) is 5. The first-order valence-electron chi connectivity index (χ1n) is 11.9. The number of anilines is 2. The van der Waals surface area contributed by atoms with Gasteiger partial charge < -0.3 is 29.1 Å². The van der Waals surface area contributed by atoms with Gasteiger partial charge in [0, 0.05) is 24.2 Å². The number of aromatic nitrogens is 3. The van der Waals surface area contributed by atoms with Crippen molar-refractivity contribution >= 4 is 22.8 Å². The Bertz CT molecular complexity index is 1180. The molecule has 3 aromatic rings. The first-order valence-corrected chi connectivity index (χ1v) is 11.9. The van der Waals surface area contributed by atoms with Crippen LogP contribution in [0, 0.1) is 0 Å². The molecule has 2 atom stereocenters. The van der Waals surface area contributed by atoms with Crippen molar-refractivity contribution in [1.29, 1.82) is 0 Å². The Morgan fingerprint density at radius 3 is 2.53 bits per heavy atom. The lowest BCUT2D eigenvalue weighted by atomic mass is 10.1. The van der Waals surface area contributed by atoms with E-state index in [9.17, 15) is 5.11 Å². The molecule has 0 aliphatic carbocycles. The molecule has 178 valence electrons. The molecule has 2 unspecified atom stereocenters. The summed E-state index contributed by atoms with van der Waals surface area (Å²) in [6.07, 6.45) is 2.23. The van der Waals surface area contributed by atoms with Crippen LogP contribution in [0.5, 0.6) is 5.75 Å². The number of pyridine rings is 1. The van der Waals surface area contributed by atoms with Gasteiger partial charge in [0.1, 0.15) is 11.6 Å².